The van der Waals surface area contributed by atoms with Crippen molar-refractivity contribution in [3.63, 3.8) is 0 Å². The minimum atomic E-state index is -0.144. The fraction of sp³-hybridized carbons (Fsp3) is 0.263. The lowest BCUT2D eigenvalue weighted by Gasteiger charge is -2.10. The molecular formula is C19H23N3O2. The standard InChI is InChI=1S/C19H23N3O2/c1-13(2)21-19(24)15-6-10-17(11-7-15)22-18(23)12-20-16-8-4-14(3)5-9-16/h4-11,13,20H,12H2,1-3H3,(H,21,24)(H,22,23). The largest absolute Gasteiger partial charge is 0.376 e. The van der Waals surface area contributed by atoms with Crippen LogP contribution in [0.5, 0.6) is 0 Å². The van der Waals surface area contributed by atoms with Crippen LogP contribution in [0, 0.1) is 6.92 Å². The molecule has 0 heterocycles. The molecule has 0 saturated carbocycles. The first-order chi connectivity index (χ1) is 11.4. The van der Waals surface area contributed by atoms with Crippen molar-refractivity contribution in [2.45, 2.75) is 26.8 Å². The van der Waals surface area contributed by atoms with Gasteiger partial charge in [-0.25, -0.2) is 0 Å². The van der Waals surface area contributed by atoms with E-state index in [0.29, 0.717) is 11.3 Å². The zero-order chi connectivity index (χ0) is 17.5. The Morgan fingerprint density at radius 1 is 0.917 bits per heavy atom. The van der Waals surface area contributed by atoms with Crippen LogP contribution in [-0.4, -0.2) is 24.4 Å². The van der Waals surface area contributed by atoms with Gasteiger partial charge >= 0.3 is 0 Å². The van der Waals surface area contributed by atoms with Gasteiger partial charge in [-0.15, -0.1) is 0 Å². The Morgan fingerprint density at radius 3 is 2.08 bits per heavy atom. The number of benzene rings is 2. The van der Waals surface area contributed by atoms with Crippen molar-refractivity contribution >= 4 is 23.2 Å². The van der Waals surface area contributed by atoms with Gasteiger partial charge in [0, 0.05) is 23.0 Å². The molecule has 5 nitrogen and oxygen atoms in total. The molecule has 0 unspecified atom stereocenters. The molecule has 5 heteroatoms. The van der Waals surface area contributed by atoms with Crippen molar-refractivity contribution in [2.24, 2.45) is 0 Å². The van der Waals surface area contributed by atoms with Crippen LogP contribution in [0.15, 0.2) is 48.5 Å². The zero-order valence-corrected chi connectivity index (χ0v) is 14.2. The van der Waals surface area contributed by atoms with Gasteiger partial charge in [-0.3, -0.25) is 9.59 Å². The third kappa shape index (κ3) is 5.43. The maximum atomic E-state index is 12.0. The summed E-state index contributed by atoms with van der Waals surface area (Å²) >= 11 is 0. The summed E-state index contributed by atoms with van der Waals surface area (Å²) in [6.07, 6.45) is 0. The Bertz CT molecular complexity index is 692. The average molecular weight is 325 g/mol. The highest BCUT2D eigenvalue weighted by molar-refractivity contribution is 5.96. The Kier molecular flexibility index (Phi) is 5.95. The number of anilines is 2. The molecule has 3 N–H and O–H groups in total. The van der Waals surface area contributed by atoms with Crippen molar-refractivity contribution in [2.75, 3.05) is 17.2 Å². The summed E-state index contributed by atoms with van der Waals surface area (Å²) in [6, 6.07) is 14.8. The number of hydrogen-bond donors (Lipinski definition) is 3. The quantitative estimate of drug-likeness (QED) is 0.764. The second-order valence-corrected chi connectivity index (χ2v) is 5.97. The highest BCUT2D eigenvalue weighted by Gasteiger charge is 2.07. The third-order valence-corrected chi connectivity index (χ3v) is 3.36. The zero-order valence-electron chi connectivity index (χ0n) is 14.2. The molecule has 0 bridgehead atoms. The van der Waals surface area contributed by atoms with Crippen LogP contribution in [0.3, 0.4) is 0 Å². The number of rotatable bonds is 6. The summed E-state index contributed by atoms with van der Waals surface area (Å²) < 4.78 is 0. The van der Waals surface area contributed by atoms with Gasteiger partial charge in [0.05, 0.1) is 6.54 Å². The highest BCUT2D eigenvalue weighted by Crippen LogP contribution is 2.11. The predicted octanol–water partition coefficient (Wildman–Crippen LogP) is 3.18. The molecule has 2 aromatic carbocycles. The first kappa shape index (κ1) is 17.5. The lowest BCUT2D eigenvalue weighted by Crippen LogP contribution is -2.30. The summed E-state index contributed by atoms with van der Waals surface area (Å²) in [7, 11) is 0. The smallest absolute Gasteiger partial charge is 0.251 e. The molecule has 0 aliphatic carbocycles. The summed E-state index contributed by atoms with van der Waals surface area (Å²) in [5, 5.41) is 8.69. The molecule has 0 aromatic heterocycles. The average Bonchev–Trinajstić information content (AvgIpc) is 2.54. The molecule has 0 aliphatic heterocycles. The molecule has 0 radical (unpaired) electrons. The van der Waals surface area contributed by atoms with Crippen LogP contribution in [-0.2, 0) is 4.79 Å². The molecule has 24 heavy (non-hydrogen) atoms. The van der Waals surface area contributed by atoms with E-state index in [4.69, 9.17) is 0 Å². The van der Waals surface area contributed by atoms with E-state index in [2.05, 4.69) is 16.0 Å². The Labute approximate surface area is 142 Å². The predicted molar refractivity (Wildman–Crippen MR) is 97.3 cm³/mol. The Morgan fingerprint density at radius 2 is 1.50 bits per heavy atom. The van der Waals surface area contributed by atoms with E-state index in [-0.39, 0.29) is 24.4 Å². The molecule has 2 aromatic rings. The van der Waals surface area contributed by atoms with Gasteiger partial charge in [-0.05, 0) is 57.2 Å². The fourth-order valence-electron chi connectivity index (χ4n) is 2.11. The van der Waals surface area contributed by atoms with Crippen LogP contribution in [0.1, 0.15) is 29.8 Å². The van der Waals surface area contributed by atoms with E-state index in [1.165, 1.54) is 5.56 Å². The van der Waals surface area contributed by atoms with Gasteiger partial charge in [0.15, 0.2) is 0 Å². The first-order valence-electron chi connectivity index (χ1n) is 7.95. The molecule has 0 atom stereocenters. The molecule has 2 rings (SSSR count). The van der Waals surface area contributed by atoms with Crippen molar-refractivity contribution in [1.82, 2.24) is 5.32 Å². The van der Waals surface area contributed by atoms with Gasteiger partial charge in [0.25, 0.3) is 5.91 Å². The van der Waals surface area contributed by atoms with Gasteiger partial charge < -0.3 is 16.0 Å². The topological polar surface area (TPSA) is 70.2 Å². The molecule has 126 valence electrons. The van der Waals surface area contributed by atoms with Crippen molar-refractivity contribution in [1.29, 1.82) is 0 Å². The van der Waals surface area contributed by atoms with Gasteiger partial charge in [-0.2, -0.15) is 0 Å². The van der Waals surface area contributed by atoms with Gasteiger partial charge in [0.2, 0.25) is 5.91 Å². The number of amides is 2. The van der Waals surface area contributed by atoms with Crippen molar-refractivity contribution in [3.05, 3.63) is 59.7 Å². The first-order valence-corrected chi connectivity index (χ1v) is 7.95. The molecule has 2 amide bonds. The van der Waals surface area contributed by atoms with E-state index < -0.39 is 0 Å². The van der Waals surface area contributed by atoms with E-state index in [0.717, 1.165) is 5.69 Å². The highest BCUT2D eigenvalue weighted by atomic mass is 16.2. The molecule has 0 fully saturated rings. The van der Waals surface area contributed by atoms with Crippen LogP contribution in [0.25, 0.3) is 0 Å². The number of carbonyl (C=O) groups excluding carboxylic acids is 2. The lowest BCUT2D eigenvalue weighted by molar-refractivity contribution is -0.114. The fourth-order valence-corrected chi connectivity index (χ4v) is 2.11. The second kappa shape index (κ2) is 8.15. The molecule has 0 spiro atoms. The SMILES string of the molecule is Cc1ccc(NCC(=O)Nc2ccc(C(=O)NC(C)C)cc2)cc1. The molecule has 0 saturated heterocycles. The minimum absolute atomic E-state index is 0.0877. The summed E-state index contributed by atoms with van der Waals surface area (Å²) in [4.78, 5) is 23.8. The van der Waals surface area contributed by atoms with E-state index in [1.54, 1.807) is 24.3 Å². The number of hydrogen-bond acceptors (Lipinski definition) is 3. The Hall–Kier alpha value is -2.82. The minimum Gasteiger partial charge on any atom is -0.376 e. The number of aryl methyl sites for hydroxylation is 1. The normalized spacial score (nSPS) is 10.3. The van der Waals surface area contributed by atoms with Crippen molar-refractivity contribution < 1.29 is 9.59 Å². The second-order valence-electron chi connectivity index (χ2n) is 5.97. The monoisotopic (exact) mass is 325 g/mol. The maximum absolute atomic E-state index is 12.0. The molecule has 0 aliphatic rings. The third-order valence-electron chi connectivity index (χ3n) is 3.36. The van der Waals surface area contributed by atoms with Crippen LogP contribution in [0.4, 0.5) is 11.4 Å². The summed E-state index contributed by atoms with van der Waals surface area (Å²) in [5.41, 5.74) is 3.30. The van der Waals surface area contributed by atoms with Crippen LogP contribution in [0.2, 0.25) is 0 Å². The maximum Gasteiger partial charge on any atom is 0.251 e. The van der Waals surface area contributed by atoms with Crippen molar-refractivity contribution in [3.8, 4) is 0 Å². The van der Waals surface area contributed by atoms with Crippen LogP contribution < -0.4 is 16.0 Å². The summed E-state index contributed by atoms with van der Waals surface area (Å²) in [6.45, 7) is 6.02. The number of nitrogens with one attached hydrogen (secondary N) is 3. The lowest BCUT2D eigenvalue weighted by atomic mass is 10.2. The molecular weight excluding hydrogens is 302 g/mol. The van der Waals surface area contributed by atoms with Crippen LogP contribution >= 0.6 is 0 Å². The number of carbonyl (C=O) groups is 2. The summed E-state index contributed by atoms with van der Waals surface area (Å²) in [5.74, 6) is -0.265. The van der Waals surface area contributed by atoms with Gasteiger partial charge in [-0.1, -0.05) is 17.7 Å². The van der Waals surface area contributed by atoms with Gasteiger partial charge in [0.1, 0.15) is 0 Å². The van der Waals surface area contributed by atoms with E-state index >= 15 is 0 Å². The van der Waals surface area contributed by atoms with E-state index in [9.17, 15) is 9.59 Å². The Balaban J connectivity index is 1.85. The van der Waals surface area contributed by atoms with E-state index in [1.807, 2.05) is 45.0 Å².